The molecule has 3 rings (SSSR count). The standard InChI is InChI=1S/C13H7Cl2F5N2/c14-7-2-6(13(18,19)20)3-8(15)12(7)22-4-5-1-9(16)10(17)11(5)21-22/h2-4,9-10H,1H2/t9-,10-/m0/s1. The molecule has 0 aliphatic heterocycles. The molecule has 0 amide bonds. The van der Waals surface area contributed by atoms with E-state index in [-0.39, 0.29) is 27.8 Å². The molecular weight excluding hydrogens is 350 g/mol. The van der Waals surface area contributed by atoms with Crippen LogP contribution >= 0.6 is 23.2 Å². The average molecular weight is 357 g/mol. The van der Waals surface area contributed by atoms with E-state index in [1.807, 2.05) is 0 Å². The normalized spacial score (nSPS) is 21.2. The Labute approximate surface area is 131 Å². The Morgan fingerprint density at radius 1 is 1.14 bits per heavy atom. The molecule has 2 aromatic rings. The highest BCUT2D eigenvalue weighted by Crippen LogP contribution is 2.40. The van der Waals surface area contributed by atoms with Crippen molar-refractivity contribution >= 4 is 23.2 Å². The molecule has 0 bridgehead atoms. The van der Waals surface area contributed by atoms with Gasteiger partial charge < -0.3 is 0 Å². The lowest BCUT2D eigenvalue weighted by Crippen LogP contribution is -2.08. The van der Waals surface area contributed by atoms with Crippen molar-refractivity contribution in [3.8, 4) is 5.69 Å². The fourth-order valence-corrected chi connectivity index (χ4v) is 3.02. The van der Waals surface area contributed by atoms with Crippen LogP contribution in [0.4, 0.5) is 22.0 Å². The highest BCUT2D eigenvalue weighted by atomic mass is 35.5. The lowest BCUT2D eigenvalue weighted by Gasteiger charge is -2.12. The Bertz CT molecular complexity index is 718. The van der Waals surface area contributed by atoms with Crippen LogP contribution in [0.2, 0.25) is 10.0 Å². The lowest BCUT2D eigenvalue weighted by molar-refractivity contribution is -0.137. The van der Waals surface area contributed by atoms with Gasteiger partial charge in [-0.05, 0) is 17.7 Å². The summed E-state index contributed by atoms with van der Waals surface area (Å²) in [6, 6.07) is 1.42. The number of benzene rings is 1. The summed E-state index contributed by atoms with van der Waals surface area (Å²) in [4.78, 5) is 0. The Balaban J connectivity index is 2.07. The highest BCUT2D eigenvalue weighted by molar-refractivity contribution is 6.37. The summed E-state index contributed by atoms with van der Waals surface area (Å²) in [5, 5.41) is 3.29. The fraction of sp³-hybridized carbons (Fsp3) is 0.308. The van der Waals surface area contributed by atoms with Crippen LogP contribution in [0.1, 0.15) is 23.0 Å². The van der Waals surface area contributed by atoms with Crippen LogP contribution in [0.3, 0.4) is 0 Å². The Hall–Kier alpha value is -1.34. The van der Waals surface area contributed by atoms with Crippen LogP contribution < -0.4 is 0 Å². The number of aromatic nitrogens is 2. The number of fused-ring (bicyclic) bond motifs is 1. The van der Waals surface area contributed by atoms with E-state index in [0.717, 1.165) is 4.68 Å². The van der Waals surface area contributed by atoms with Gasteiger partial charge in [-0.2, -0.15) is 18.3 Å². The maximum absolute atomic E-state index is 13.6. The number of alkyl halides is 5. The van der Waals surface area contributed by atoms with Gasteiger partial charge in [-0.1, -0.05) is 23.2 Å². The average Bonchev–Trinajstić information content (AvgIpc) is 2.89. The van der Waals surface area contributed by atoms with Crippen molar-refractivity contribution in [2.24, 2.45) is 0 Å². The molecule has 2 nitrogen and oxygen atoms in total. The molecule has 1 aromatic heterocycles. The predicted molar refractivity (Wildman–Crippen MR) is 71.0 cm³/mol. The van der Waals surface area contributed by atoms with Crippen molar-refractivity contribution in [2.45, 2.75) is 24.9 Å². The Morgan fingerprint density at radius 3 is 2.23 bits per heavy atom. The molecule has 0 unspecified atom stereocenters. The lowest BCUT2D eigenvalue weighted by atomic mass is 10.2. The van der Waals surface area contributed by atoms with Gasteiger partial charge in [-0.3, -0.25) is 0 Å². The molecule has 1 aliphatic carbocycles. The Kier molecular flexibility index (Phi) is 3.60. The van der Waals surface area contributed by atoms with Gasteiger partial charge >= 0.3 is 6.18 Å². The largest absolute Gasteiger partial charge is 0.416 e. The van der Waals surface area contributed by atoms with E-state index in [1.54, 1.807) is 0 Å². The van der Waals surface area contributed by atoms with Gasteiger partial charge in [0.05, 0.1) is 15.6 Å². The summed E-state index contributed by atoms with van der Waals surface area (Å²) in [5.41, 5.74) is -0.752. The molecule has 1 aromatic carbocycles. The van der Waals surface area contributed by atoms with Crippen molar-refractivity contribution in [1.29, 1.82) is 0 Å². The van der Waals surface area contributed by atoms with Gasteiger partial charge in [0.1, 0.15) is 17.6 Å². The molecule has 22 heavy (non-hydrogen) atoms. The molecule has 0 saturated carbocycles. The van der Waals surface area contributed by atoms with Gasteiger partial charge in [0.2, 0.25) is 0 Å². The zero-order valence-corrected chi connectivity index (χ0v) is 12.1. The minimum atomic E-state index is -4.59. The maximum atomic E-state index is 13.6. The third-order valence-electron chi connectivity index (χ3n) is 3.39. The van der Waals surface area contributed by atoms with Crippen LogP contribution in [0, 0.1) is 0 Å². The molecule has 0 radical (unpaired) electrons. The van der Waals surface area contributed by atoms with E-state index in [0.29, 0.717) is 17.7 Å². The van der Waals surface area contributed by atoms with Gasteiger partial charge in [0.15, 0.2) is 6.17 Å². The summed E-state index contributed by atoms with van der Waals surface area (Å²) >= 11 is 11.7. The van der Waals surface area contributed by atoms with Gasteiger partial charge in [0.25, 0.3) is 0 Å². The second kappa shape index (κ2) is 5.09. The van der Waals surface area contributed by atoms with Gasteiger partial charge in [0, 0.05) is 12.6 Å². The number of nitrogens with zero attached hydrogens (tertiary/aromatic N) is 2. The SMILES string of the molecule is F[C@@H]1c2nn(-c3c(Cl)cc(C(F)(F)F)cc3Cl)cc2C[C@@H]1F. The fourth-order valence-electron chi connectivity index (χ4n) is 2.36. The molecule has 1 heterocycles. The minimum absolute atomic E-state index is 0.00617. The molecule has 0 N–H and O–H groups in total. The summed E-state index contributed by atoms with van der Waals surface area (Å²) in [6.45, 7) is 0. The van der Waals surface area contributed by atoms with Crippen LogP contribution in [0.5, 0.6) is 0 Å². The van der Waals surface area contributed by atoms with Crippen LogP contribution in [-0.2, 0) is 12.6 Å². The highest BCUT2D eigenvalue weighted by Gasteiger charge is 2.37. The van der Waals surface area contributed by atoms with Crippen LogP contribution in [0.15, 0.2) is 18.3 Å². The summed E-state index contributed by atoms with van der Waals surface area (Å²) in [6.07, 6.45) is -6.94. The molecule has 0 spiro atoms. The van der Waals surface area contributed by atoms with Crippen molar-refractivity contribution in [1.82, 2.24) is 9.78 Å². The third kappa shape index (κ3) is 2.46. The smallest absolute Gasteiger partial charge is 0.243 e. The van der Waals surface area contributed by atoms with E-state index < -0.39 is 24.1 Å². The quantitative estimate of drug-likeness (QED) is 0.649. The number of halogens is 7. The van der Waals surface area contributed by atoms with E-state index in [2.05, 4.69) is 5.10 Å². The monoisotopic (exact) mass is 356 g/mol. The van der Waals surface area contributed by atoms with Crippen LogP contribution in [-0.4, -0.2) is 16.0 Å². The molecule has 1 aliphatic rings. The molecule has 118 valence electrons. The first-order valence-electron chi connectivity index (χ1n) is 6.11. The Morgan fingerprint density at radius 2 is 1.73 bits per heavy atom. The van der Waals surface area contributed by atoms with E-state index in [1.165, 1.54) is 6.20 Å². The molecule has 0 saturated heterocycles. The first kappa shape index (κ1) is 15.6. The predicted octanol–water partition coefficient (Wildman–Crippen LogP) is 5.10. The molecule has 0 fully saturated rings. The number of hydrogen-bond acceptors (Lipinski definition) is 1. The summed E-state index contributed by atoms with van der Waals surface area (Å²) in [5.74, 6) is 0. The van der Waals surface area contributed by atoms with Crippen molar-refractivity contribution in [3.63, 3.8) is 0 Å². The third-order valence-corrected chi connectivity index (χ3v) is 3.97. The maximum Gasteiger partial charge on any atom is 0.416 e. The number of hydrogen-bond donors (Lipinski definition) is 0. The second-order valence-corrected chi connectivity index (χ2v) is 5.71. The first-order chi connectivity index (χ1) is 10.2. The van der Waals surface area contributed by atoms with Crippen molar-refractivity contribution in [3.05, 3.63) is 45.2 Å². The second-order valence-electron chi connectivity index (χ2n) is 4.89. The summed E-state index contributed by atoms with van der Waals surface area (Å²) < 4.78 is 65.9. The molecule has 9 heteroatoms. The molecule has 2 atom stereocenters. The summed E-state index contributed by atoms with van der Waals surface area (Å²) in [7, 11) is 0. The first-order valence-corrected chi connectivity index (χ1v) is 6.87. The van der Waals surface area contributed by atoms with Crippen molar-refractivity contribution in [2.75, 3.05) is 0 Å². The molecular formula is C13H7Cl2F5N2. The van der Waals surface area contributed by atoms with Crippen LogP contribution in [0.25, 0.3) is 5.69 Å². The zero-order chi connectivity index (χ0) is 16.2. The van der Waals surface area contributed by atoms with Gasteiger partial charge in [-0.15, -0.1) is 0 Å². The van der Waals surface area contributed by atoms with Crippen molar-refractivity contribution < 1.29 is 22.0 Å². The van der Waals surface area contributed by atoms with E-state index in [4.69, 9.17) is 23.2 Å². The van der Waals surface area contributed by atoms with E-state index in [9.17, 15) is 22.0 Å². The minimum Gasteiger partial charge on any atom is -0.243 e. The van der Waals surface area contributed by atoms with Gasteiger partial charge in [-0.25, -0.2) is 13.5 Å². The topological polar surface area (TPSA) is 17.8 Å². The zero-order valence-electron chi connectivity index (χ0n) is 10.6. The number of rotatable bonds is 1. The van der Waals surface area contributed by atoms with E-state index >= 15 is 0 Å².